The van der Waals surface area contributed by atoms with Gasteiger partial charge < -0.3 is 10.4 Å². The molecule has 90 valence electrons. The third-order valence-electron chi connectivity index (χ3n) is 2.16. The lowest BCUT2D eigenvalue weighted by molar-refractivity contribution is 0.0918. The van der Waals surface area contributed by atoms with Crippen LogP contribution >= 0.6 is 34.3 Å². The van der Waals surface area contributed by atoms with Crippen LogP contribution in [0.25, 0.3) is 0 Å². The fourth-order valence-corrected chi connectivity index (χ4v) is 2.98. The molecule has 0 aromatic carbocycles. The van der Waals surface area contributed by atoms with E-state index in [0.29, 0.717) is 9.90 Å². The molecule has 2 aromatic rings. The monoisotopic (exact) mass is 287 g/mol. The number of thiophene rings is 2. The molecule has 0 fully saturated rings. The van der Waals surface area contributed by atoms with Gasteiger partial charge in [0.2, 0.25) is 0 Å². The second kappa shape index (κ2) is 5.64. The van der Waals surface area contributed by atoms with Crippen molar-refractivity contribution in [1.82, 2.24) is 5.32 Å². The molecule has 3 nitrogen and oxygen atoms in total. The van der Waals surface area contributed by atoms with E-state index >= 15 is 0 Å². The number of rotatable bonds is 4. The molecule has 17 heavy (non-hydrogen) atoms. The van der Waals surface area contributed by atoms with Gasteiger partial charge >= 0.3 is 0 Å². The molecule has 0 spiro atoms. The Morgan fingerprint density at radius 2 is 2.29 bits per heavy atom. The maximum absolute atomic E-state index is 11.6. The van der Waals surface area contributed by atoms with E-state index in [1.165, 1.54) is 22.7 Å². The van der Waals surface area contributed by atoms with Gasteiger partial charge in [-0.25, -0.2) is 0 Å². The minimum absolute atomic E-state index is 0.173. The number of carbonyl (C=O) groups is 1. The summed E-state index contributed by atoms with van der Waals surface area (Å²) in [7, 11) is 0. The minimum Gasteiger partial charge on any atom is -0.386 e. The third kappa shape index (κ3) is 3.29. The summed E-state index contributed by atoms with van der Waals surface area (Å²) in [5.41, 5.74) is 0.617. The number of halogens is 1. The molecule has 0 bridgehead atoms. The van der Waals surface area contributed by atoms with Crippen LogP contribution < -0.4 is 5.32 Å². The molecule has 6 heteroatoms. The quantitative estimate of drug-likeness (QED) is 0.908. The van der Waals surface area contributed by atoms with Crippen LogP contribution in [0, 0.1) is 0 Å². The highest BCUT2D eigenvalue weighted by Crippen LogP contribution is 2.26. The predicted molar refractivity (Wildman–Crippen MR) is 70.9 cm³/mol. The highest BCUT2D eigenvalue weighted by Gasteiger charge is 2.12. The molecule has 0 saturated heterocycles. The zero-order valence-corrected chi connectivity index (χ0v) is 11.1. The summed E-state index contributed by atoms with van der Waals surface area (Å²) in [6.45, 7) is 0.186. The Hall–Kier alpha value is -0.880. The van der Waals surface area contributed by atoms with Crippen LogP contribution in [-0.4, -0.2) is 17.6 Å². The number of hydrogen-bond acceptors (Lipinski definition) is 4. The maximum Gasteiger partial charge on any atom is 0.252 e. The molecule has 2 aromatic heterocycles. The fraction of sp³-hybridized carbons (Fsp3) is 0.182. The van der Waals surface area contributed by atoms with Gasteiger partial charge in [-0.15, -0.1) is 11.3 Å². The molecule has 2 rings (SSSR count). The Balaban J connectivity index is 1.88. The Kier molecular flexibility index (Phi) is 4.17. The molecular weight excluding hydrogens is 278 g/mol. The summed E-state index contributed by atoms with van der Waals surface area (Å²) in [5, 5.41) is 16.1. The SMILES string of the molecule is O=C(NC[C@H](O)c1ccc(Cl)s1)c1ccsc1. The van der Waals surface area contributed by atoms with Crippen LogP contribution in [0.2, 0.25) is 4.34 Å². The van der Waals surface area contributed by atoms with Crippen molar-refractivity contribution in [2.75, 3.05) is 6.54 Å². The Bertz CT molecular complexity index is 495. The van der Waals surface area contributed by atoms with E-state index < -0.39 is 6.10 Å². The molecule has 1 amide bonds. The standard InChI is InChI=1S/C11H10ClNO2S2/c12-10-2-1-9(17-10)8(14)5-13-11(15)7-3-4-16-6-7/h1-4,6,8,14H,5H2,(H,13,15)/t8-/m0/s1. The number of hydrogen-bond donors (Lipinski definition) is 2. The first-order valence-corrected chi connectivity index (χ1v) is 7.04. The van der Waals surface area contributed by atoms with Crippen molar-refractivity contribution >= 4 is 40.2 Å². The summed E-state index contributed by atoms with van der Waals surface area (Å²) in [6.07, 6.45) is -0.713. The predicted octanol–water partition coefficient (Wildman–Crippen LogP) is 2.93. The largest absolute Gasteiger partial charge is 0.386 e. The number of aliphatic hydroxyl groups is 1. The molecule has 0 aliphatic rings. The van der Waals surface area contributed by atoms with Crippen molar-refractivity contribution in [2.24, 2.45) is 0 Å². The molecule has 0 aliphatic carbocycles. The highest BCUT2D eigenvalue weighted by molar-refractivity contribution is 7.16. The lowest BCUT2D eigenvalue weighted by Gasteiger charge is -2.09. The van der Waals surface area contributed by atoms with Crippen molar-refractivity contribution in [3.63, 3.8) is 0 Å². The number of amides is 1. The minimum atomic E-state index is -0.713. The van der Waals surface area contributed by atoms with Crippen LogP contribution in [-0.2, 0) is 0 Å². The summed E-state index contributed by atoms with van der Waals surface area (Å²) in [6, 6.07) is 5.23. The first-order chi connectivity index (χ1) is 8.16. The lowest BCUT2D eigenvalue weighted by Crippen LogP contribution is -2.27. The average molecular weight is 288 g/mol. The molecule has 0 radical (unpaired) electrons. The van der Waals surface area contributed by atoms with Gasteiger partial charge in [0, 0.05) is 22.4 Å². The van der Waals surface area contributed by atoms with E-state index in [9.17, 15) is 9.90 Å². The van der Waals surface area contributed by atoms with Crippen LogP contribution in [0.15, 0.2) is 29.0 Å². The number of aliphatic hydroxyl groups excluding tert-OH is 1. The maximum atomic E-state index is 11.6. The summed E-state index contributed by atoms with van der Waals surface area (Å²) in [5.74, 6) is -0.173. The number of carbonyl (C=O) groups excluding carboxylic acids is 1. The van der Waals surface area contributed by atoms with E-state index in [1.54, 1.807) is 23.6 Å². The molecule has 1 atom stereocenters. The Labute approximate surface area is 112 Å². The van der Waals surface area contributed by atoms with Gasteiger partial charge in [0.15, 0.2) is 0 Å². The van der Waals surface area contributed by atoms with E-state index in [-0.39, 0.29) is 12.5 Å². The van der Waals surface area contributed by atoms with Gasteiger partial charge in [-0.3, -0.25) is 4.79 Å². The molecular formula is C11H10ClNO2S2. The Morgan fingerprint density at radius 3 is 2.88 bits per heavy atom. The van der Waals surface area contributed by atoms with Gasteiger partial charge in [-0.1, -0.05) is 11.6 Å². The second-order valence-electron chi connectivity index (χ2n) is 3.38. The van der Waals surface area contributed by atoms with Crippen LogP contribution in [0.3, 0.4) is 0 Å². The summed E-state index contributed by atoms with van der Waals surface area (Å²) in [4.78, 5) is 12.4. The van der Waals surface area contributed by atoms with Gasteiger partial charge in [0.1, 0.15) is 6.10 Å². The molecule has 0 aliphatic heterocycles. The van der Waals surface area contributed by atoms with E-state index in [4.69, 9.17) is 11.6 Å². The van der Waals surface area contributed by atoms with Crippen molar-refractivity contribution in [3.8, 4) is 0 Å². The van der Waals surface area contributed by atoms with E-state index in [1.807, 2.05) is 5.38 Å². The number of nitrogens with one attached hydrogen (secondary N) is 1. The smallest absolute Gasteiger partial charge is 0.252 e. The van der Waals surface area contributed by atoms with Crippen LogP contribution in [0.5, 0.6) is 0 Å². The third-order valence-corrected chi connectivity index (χ3v) is 4.18. The van der Waals surface area contributed by atoms with Crippen LogP contribution in [0.4, 0.5) is 0 Å². The van der Waals surface area contributed by atoms with Crippen molar-refractivity contribution in [3.05, 3.63) is 43.7 Å². The average Bonchev–Trinajstić information content (AvgIpc) is 2.95. The van der Waals surface area contributed by atoms with Gasteiger partial charge in [-0.05, 0) is 23.6 Å². The van der Waals surface area contributed by atoms with Crippen molar-refractivity contribution in [2.45, 2.75) is 6.10 Å². The van der Waals surface area contributed by atoms with E-state index in [0.717, 1.165) is 4.88 Å². The first-order valence-electron chi connectivity index (χ1n) is 4.90. The first kappa shape index (κ1) is 12.6. The van der Waals surface area contributed by atoms with Gasteiger partial charge in [0.25, 0.3) is 5.91 Å². The van der Waals surface area contributed by atoms with E-state index in [2.05, 4.69) is 5.32 Å². The molecule has 2 N–H and O–H groups in total. The molecule has 0 saturated carbocycles. The summed E-state index contributed by atoms with van der Waals surface area (Å²) >= 11 is 8.54. The normalized spacial score (nSPS) is 12.4. The Morgan fingerprint density at radius 1 is 1.47 bits per heavy atom. The second-order valence-corrected chi connectivity index (χ2v) is 5.91. The molecule has 2 heterocycles. The van der Waals surface area contributed by atoms with Gasteiger partial charge in [-0.2, -0.15) is 11.3 Å². The zero-order chi connectivity index (χ0) is 12.3. The van der Waals surface area contributed by atoms with Crippen LogP contribution in [0.1, 0.15) is 21.3 Å². The van der Waals surface area contributed by atoms with Crippen molar-refractivity contribution < 1.29 is 9.90 Å². The highest BCUT2D eigenvalue weighted by atomic mass is 35.5. The lowest BCUT2D eigenvalue weighted by atomic mass is 10.2. The summed E-state index contributed by atoms with van der Waals surface area (Å²) < 4.78 is 0.628. The van der Waals surface area contributed by atoms with Gasteiger partial charge in [0.05, 0.1) is 4.34 Å². The zero-order valence-electron chi connectivity index (χ0n) is 8.72. The topological polar surface area (TPSA) is 49.3 Å². The van der Waals surface area contributed by atoms with Crippen molar-refractivity contribution in [1.29, 1.82) is 0 Å². The molecule has 0 unspecified atom stereocenters. The fourth-order valence-electron chi connectivity index (χ4n) is 1.29.